The van der Waals surface area contributed by atoms with E-state index in [1.54, 1.807) is 18.3 Å². The van der Waals surface area contributed by atoms with Gasteiger partial charge in [-0.25, -0.2) is 13.1 Å². The molecule has 4 nitrogen and oxygen atoms in total. The van der Waals surface area contributed by atoms with Gasteiger partial charge in [-0.1, -0.05) is 26.8 Å². The Hall–Kier alpha value is -0.430. The second-order valence-corrected chi connectivity index (χ2v) is 8.52. The van der Waals surface area contributed by atoms with Crippen molar-refractivity contribution in [2.75, 3.05) is 13.1 Å². The van der Waals surface area contributed by atoms with E-state index < -0.39 is 15.3 Å². The van der Waals surface area contributed by atoms with Crippen molar-refractivity contribution in [2.45, 2.75) is 45.4 Å². The molecule has 0 radical (unpaired) electrons. The van der Waals surface area contributed by atoms with Gasteiger partial charge in [-0.3, -0.25) is 0 Å². The van der Waals surface area contributed by atoms with Crippen LogP contribution >= 0.6 is 11.3 Å². The fraction of sp³-hybridized carbons (Fsp3) is 0.714. The van der Waals surface area contributed by atoms with Crippen LogP contribution in [0.25, 0.3) is 0 Å². The van der Waals surface area contributed by atoms with Crippen LogP contribution in [0.15, 0.2) is 17.5 Å². The standard InChI is InChI=1S/C14H26N2O2S2/c1-5-8-15-10-12(4)20(17,18)16-14(11(2)3)13-7-6-9-19-13/h6-7,9,11-12,14-16H,5,8,10H2,1-4H3. The van der Waals surface area contributed by atoms with Crippen LogP contribution in [0.2, 0.25) is 0 Å². The Bertz CT molecular complexity index is 469. The van der Waals surface area contributed by atoms with Crippen LogP contribution < -0.4 is 10.0 Å². The number of nitrogens with one attached hydrogen (secondary N) is 2. The summed E-state index contributed by atoms with van der Waals surface area (Å²) in [6.07, 6.45) is 1.00. The second kappa shape index (κ2) is 8.12. The summed E-state index contributed by atoms with van der Waals surface area (Å²) in [6, 6.07) is 3.79. The average molecular weight is 319 g/mol. The van der Waals surface area contributed by atoms with Crippen molar-refractivity contribution in [1.29, 1.82) is 0 Å². The highest BCUT2D eigenvalue weighted by Crippen LogP contribution is 2.27. The minimum absolute atomic E-state index is 0.145. The largest absolute Gasteiger partial charge is 0.315 e. The molecule has 1 rings (SSSR count). The molecule has 0 aliphatic carbocycles. The van der Waals surface area contributed by atoms with Gasteiger partial charge >= 0.3 is 0 Å². The van der Waals surface area contributed by atoms with Gasteiger partial charge in [0.15, 0.2) is 0 Å². The molecule has 6 heteroatoms. The van der Waals surface area contributed by atoms with E-state index in [1.165, 1.54) is 0 Å². The van der Waals surface area contributed by atoms with Gasteiger partial charge < -0.3 is 5.32 Å². The molecule has 2 N–H and O–H groups in total. The Kier molecular flexibility index (Phi) is 7.15. The van der Waals surface area contributed by atoms with Gasteiger partial charge in [0.05, 0.1) is 11.3 Å². The molecular weight excluding hydrogens is 292 g/mol. The van der Waals surface area contributed by atoms with E-state index in [4.69, 9.17) is 0 Å². The minimum atomic E-state index is -3.32. The molecule has 0 bridgehead atoms. The number of thiophene rings is 1. The minimum Gasteiger partial charge on any atom is -0.315 e. The van der Waals surface area contributed by atoms with E-state index in [2.05, 4.69) is 17.0 Å². The van der Waals surface area contributed by atoms with Gasteiger partial charge in [-0.05, 0) is 37.3 Å². The molecule has 20 heavy (non-hydrogen) atoms. The molecule has 0 saturated carbocycles. The topological polar surface area (TPSA) is 58.2 Å². The Balaban J connectivity index is 2.72. The maximum atomic E-state index is 12.4. The van der Waals surface area contributed by atoms with Crippen molar-refractivity contribution in [3.05, 3.63) is 22.4 Å². The Morgan fingerprint density at radius 2 is 2.00 bits per heavy atom. The summed E-state index contributed by atoms with van der Waals surface area (Å²) in [5.41, 5.74) is 0. The summed E-state index contributed by atoms with van der Waals surface area (Å²) in [7, 11) is -3.32. The highest BCUT2D eigenvalue weighted by Gasteiger charge is 2.27. The number of rotatable bonds is 9. The lowest BCUT2D eigenvalue weighted by Crippen LogP contribution is -2.41. The zero-order chi connectivity index (χ0) is 15.2. The molecule has 2 atom stereocenters. The van der Waals surface area contributed by atoms with Crippen molar-refractivity contribution in [1.82, 2.24) is 10.0 Å². The predicted molar refractivity (Wildman–Crippen MR) is 86.6 cm³/mol. The molecule has 0 aliphatic rings. The summed E-state index contributed by atoms with van der Waals surface area (Å²) >= 11 is 1.59. The van der Waals surface area contributed by atoms with E-state index in [0.29, 0.717) is 6.54 Å². The molecule has 2 unspecified atom stereocenters. The van der Waals surface area contributed by atoms with E-state index in [9.17, 15) is 8.42 Å². The van der Waals surface area contributed by atoms with Crippen molar-refractivity contribution in [3.63, 3.8) is 0 Å². The number of hydrogen-bond donors (Lipinski definition) is 2. The zero-order valence-corrected chi connectivity index (χ0v) is 14.4. The molecule has 116 valence electrons. The van der Waals surface area contributed by atoms with Crippen molar-refractivity contribution >= 4 is 21.4 Å². The van der Waals surface area contributed by atoms with Crippen molar-refractivity contribution < 1.29 is 8.42 Å². The molecule has 0 aromatic carbocycles. The molecular formula is C14H26N2O2S2. The molecule has 1 aromatic heterocycles. The van der Waals surface area contributed by atoms with Crippen LogP contribution in [0.4, 0.5) is 0 Å². The Morgan fingerprint density at radius 1 is 1.30 bits per heavy atom. The summed E-state index contributed by atoms with van der Waals surface area (Å²) in [5.74, 6) is 0.222. The van der Waals surface area contributed by atoms with Crippen LogP contribution in [0, 0.1) is 5.92 Å². The van der Waals surface area contributed by atoms with Crippen molar-refractivity contribution in [2.24, 2.45) is 5.92 Å². The highest BCUT2D eigenvalue weighted by atomic mass is 32.2. The first-order valence-electron chi connectivity index (χ1n) is 7.13. The van der Waals surface area contributed by atoms with Crippen LogP contribution in [0.5, 0.6) is 0 Å². The van der Waals surface area contributed by atoms with E-state index in [0.717, 1.165) is 17.8 Å². The summed E-state index contributed by atoms with van der Waals surface area (Å²) < 4.78 is 27.6. The first kappa shape index (κ1) is 17.6. The van der Waals surface area contributed by atoms with Gasteiger partial charge in [0.25, 0.3) is 0 Å². The Morgan fingerprint density at radius 3 is 2.50 bits per heavy atom. The third kappa shape index (κ3) is 5.16. The van der Waals surface area contributed by atoms with Gasteiger partial charge in [0, 0.05) is 11.4 Å². The maximum Gasteiger partial charge on any atom is 0.216 e. The molecule has 0 saturated heterocycles. The monoisotopic (exact) mass is 318 g/mol. The third-order valence-electron chi connectivity index (χ3n) is 3.20. The van der Waals surface area contributed by atoms with Gasteiger partial charge in [-0.15, -0.1) is 11.3 Å². The summed E-state index contributed by atoms with van der Waals surface area (Å²) in [5, 5.41) is 4.70. The van der Waals surface area contributed by atoms with Gasteiger partial charge in [-0.2, -0.15) is 0 Å². The van der Waals surface area contributed by atoms with Crippen LogP contribution in [0.1, 0.15) is 45.0 Å². The van der Waals surface area contributed by atoms with Crippen LogP contribution in [-0.2, 0) is 10.0 Å². The fourth-order valence-corrected chi connectivity index (χ4v) is 4.22. The number of hydrogen-bond acceptors (Lipinski definition) is 4. The molecule has 1 aromatic rings. The molecule has 0 aliphatic heterocycles. The quantitative estimate of drug-likeness (QED) is 0.688. The summed E-state index contributed by atoms with van der Waals surface area (Å²) in [4.78, 5) is 1.07. The highest BCUT2D eigenvalue weighted by molar-refractivity contribution is 7.90. The van der Waals surface area contributed by atoms with Crippen molar-refractivity contribution in [3.8, 4) is 0 Å². The average Bonchev–Trinajstić information content (AvgIpc) is 2.89. The maximum absolute atomic E-state index is 12.4. The van der Waals surface area contributed by atoms with Crippen LogP contribution in [0.3, 0.4) is 0 Å². The predicted octanol–water partition coefficient (Wildman–Crippen LogP) is 2.75. The normalized spacial score (nSPS) is 15.4. The lowest BCUT2D eigenvalue weighted by atomic mass is 10.0. The van der Waals surface area contributed by atoms with Gasteiger partial charge in [0.2, 0.25) is 10.0 Å². The smallest absolute Gasteiger partial charge is 0.216 e. The summed E-state index contributed by atoms with van der Waals surface area (Å²) in [6.45, 7) is 9.21. The molecule has 1 heterocycles. The van der Waals surface area contributed by atoms with E-state index >= 15 is 0 Å². The third-order valence-corrected chi connectivity index (χ3v) is 5.96. The van der Waals surface area contributed by atoms with E-state index in [-0.39, 0.29) is 12.0 Å². The molecule has 0 spiro atoms. The first-order valence-corrected chi connectivity index (χ1v) is 9.56. The molecule has 0 fully saturated rings. The number of sulfonamides is 1. The SMILES string of the molecule is CCCNCC(C)S(=O)(=O)NC(c1cccs1)C(C)C. The molecule has 0 amide bonds. The second-order valence-electron chi connectivity index (χ2n) is 5.41. The van der Waals surface area contributed by atoms with Gasteiger partial charge in [0.1, 0.15) is 0 Å². The fourth-order valence-electron chi connectivity index (χ4n) is 1.88. The zero-order valence-electron chi connectivity index (χ0n) is 12.7. The Labute approximate surface area is 127 Å². The van der Waals surface area contributed by atoms with Crippen LogP contribution in [-0.4, -0.2) is 26.8 Å². The lowest BCUT2D eigenvalue weighted by molar-refractivity contribution is 0.463. The lowest BCUT2D eigenvalue weighted by Gasteiger charge is -2.23. The first-order chi connectivity index (χ1) is 9.38. The van der Waals surface area contributed by atoms with E-state index in [1.807, 2.05) is 31.4 Å².